The van der Waals surface area contributed by atoms with Crippen LogP contribution in [0.2, 0.25) is 0 Å². The number of nitrogens with zero attached hydrogens (tertiary/aromatic N) is 1. The van der Waals surface area contributed by atoms with Gasteiger partial charge in [0.25, 0.3) is 0 Å². The summed E-state index contributed by atoms with van der Waals surface area (Å²) in [6.45, 7) is 1.94. The first kappa shape index (κ1) is 12.2. The maximum atomic E-state index is 10.1. The lowest BCUT2D eigenvalue weighted by molar-refractivity contribution is -0.107. The molecule has 82 valence electrons. The number of unbranched alkanes of at least 4 members (excludes halogenated alkanes) is 1. The molecule has 0 radical (unpaired) electrons. The number of carbonyl (C=O) groups excluding carboxylic acids is 1. The van der Waals surface area contributed by atoms with Crippen molar-refractivity contribution in [1.82, 2.24) is 4.98 Å². The van der Waals surface area contributed by atoms with E-state index in [2.05, 4.69) is 4.98 Å². The van der Waals surface area contributed by atoms with Crippen LogP contribution < -0.4 is 0 Å². The SMILES string of the molecule is Cc1c(SCCCC=O)ccnc1CO. The number of hydrogen-bond donors (Lipinski definition) is 1. The van der Waals surface area contributed by atoms with E-state index in [1.165, 1.54) is 0 Å². The molecule has 0 spiro atoms. The van der Waals surface area contributed by atoms with E-state index in [1.807, 2.05) is 13.0 Å². The molecule has 1 aromatic rings. The summed E-state index contributed by atoms with van der Waals surface area (Å²) >= 11 is 1.71. The van der Waals surface area contributed by atoms with Crippen molar-refractivity contribution >= 4 is 18.0 Å². The van der Waals surface area contributed by atoms with Crippen LogP contribution in [-0.2, 0) is 11.4 Å². The molecule has 3 nitrogen and oxygen atoms in total. The van der Waals surface area contributed by atoms with Crippen LogP contribution in [0.3, 0.4) is 0 Å². The molecule has 0 saturated carbocycles. The summed E-state index contributed by atoms with van der Waals surface area (Å²) in [6.07, 6.45) is 4.16. The van der Waals surface area contributed by atoms with Crippen molar-refractivity contribution in [3.8, 4) is 0 Å². The fourth-order valence-electron chi connectivity index (χ4n) is 1.22. The lowest BCUT2D eigenvalue weighted by Gasteiger charge is -2.07. The molecule has 0 aliphatic heterocycles. The van der Waals surface area contributed by atoms with E-state index >= 15 is 0 Å². The molecule has 15 heavy (non-hydrogen) atoms. The lowest BCUT2D eigenvalue weighted by atomic mass is 10.2. The van der Waals surface area contributed by atoms with Crippen molar-refractivity contribution < 1.29 is 9.90 Å². The van der Waals surface area contributed by atoms with E-state index in [0.29, 0.717) is 6.42 Å². The number of aliphatic hydroxyl groups is 1. The van der Waals surface area contributed by atoms with Crippen molar-refractivity contribution in [3.05, 3.63) is 23.5 Å². The van der Waals surface area contributed by atoms with E-state index in [-0.39, 0.29) is 6.61 Å². The highest BCUT2D eigenvalue weighted by molar-refractivity contribution is 7.99. The molecule has 0 unspecified atom stereocenters. The van der Waals surface area contributed by atoms with Crippen molar-refractivity contribution in [2.45, 2.75) is 31.3 Å². The third-order valence-electron chi connectivity index (χ3n) is 2.13. The highest BCUT2D eigenvalue weighted by Crippen LogP contribution is 2.24. The maximum absolute atomic E-state index is 10.1. The van der Waals surface area contributed by atoms with Gasteiger partial charge in [-0.05, 0) is 30.7 Å². The molecule has 0 fully saturated rings. The minimum absolute atomic E-state index is 0.0193. The second-order valence-electron chi connectivity index (χ2n) is 3.20. The molecular formula is C11H15NO2S. The summed E-state index contributed by atoms with van der Waals surface area (Å²) in [6, 6.07) is 1.94. The van der Waals surface area contributed by atoms with Crippen LogP contribution in [0.25, 0.3) is 0 Å². The standard InChI is InChI=1S/C11H15NO2S/c1-9-10(8-14)12-5-4-11(9)15-7-3-2-6-13/h4-6,14H,2-3,7-8H2,1H3. The summed E-state index contributed by atoms with van der Waals surface area (Å²) in [5.74, 6) is 0.925. The zero-order valence-electron chi connectivity index (χ0n) is 8.77. The Bertz CT molecular complexity index is 328. The van der Waals surface area contributed by atoms with Crippen LogP contribution in [0.15, 0.2) is 17.2 Å². The summed E-state index contributed by atoms with van der Waals surface area (Å²) < 4.78 is 0. The Hall–Kier alpha value is -0.870. The Labute approximate surface area is 93.9 Å². The van der Waals surface area contributed by atoms with E-state index in [1.54, 1.807) is 18.0 Å². The van der Waals surface area contributed by atoms with Crippen molar-refractivity contribution in [2.75, 3.05) is 5.75 Å². The molecule has 0 amide bonds. The van der Waals surface area contributed by atoms with Gasteiger partial charge >= 0.3 is 0 Å². The molecule has 0 aliphatic carbocycles. The minimum Gasteiger partial charge on any atom is -0.390 e. The van der Waals surface area contributed by atoms with Gasteiger partial charge in [0.1, 0.15) is 6.29 Å². The molecule has 1 heterocycles. The molecule has 0 aliphatic rings. The zero-order chi connectivity index (χ0) is 11.1. The first-order valence-electron chi connectivity index (χ1n) is 4.91. The lowest BCUT2D eigenvalue weighted by Crippen LogP contribution is -1.95. The maximum Gasteiger partial charge on any atom is 0.120 e. The number of hydrogen-bond acceptors (Lipinski definition) is 4. The number of carbonyl (C=O) groups is 1. The Balaban J connectivity index is 2.56. The topological polar surface area (TPSA) is 50.2 Å². The fourth-order valence-corrected chi connectivity index (χ4v) is 2.25. The molecule has 1 aromatic heterocycles. The number of thioether (sulfide) groups is 1. The largest absolute Gasteiger partial charge is 0.390 e. The molecule has 1 N–H and O–H groups in total. The molecule has 0 bridgehead atoms. The van der Waals surface area contributed by atoms with E-state index in [4.69, 9.17) is 5.11 Å². The Morgan fingerprint density at radius 2 is 2.40 bits per heavy atom. The van der Waals surface area contributed by atoms with E-state index < -0.39 is 0 Å². The Kier molecular flexibility index (Phi) is 5.36. The predicted octanol–water partition coefficient (Wildman–Crippen LogP) is 1.95. The summed E-state index contributed by atoms with van der Waals surface area (Å²) in [5.41, 5.74) is 1.77. The quantitative estimate of drug-likeness (QED) is 0.457. The van der Waals surface area contributed by atoms with Gasteiger partial charge in [-0.3, -0.25) is 4.98 Å². The Morgan fingerprint density at radius 3 is 3.07 bits per heavy atom. The average Bonchev–Trinajstić information content (AvgIpc) is 2.26. The van der Waals surface area contributed by atoms with Gasteiger partial charge in [0, 0.05) is 17.5 Å². The predicted molar refractivity (Wildman–Crippen MR) is 60.9 cm³/mol. The van der Waals surface area contributed by atoms with Gasteiger partial charge < -0.3 is 9.90 Å². The first-order chi connectivity index (χ1) is 7.29. The zero-order valence-corrected chi connectivity index (χ0v) is 9.59. The number of aromatic nitrogens is 1. The molecule has 1 rings (SSSR count). The molecular weight excluding hydrogens is 210 g/mol. The summed E-state index contributed by atoms with van der Waals surface area (Å²) in [7, 11) is 0. The van der Waals surface area contributed by atoms with Crippen molar-refractivity contribution in [2.24, 2.45) is 0 Å². The molecule has 4 heteroatoms. The van der Waals surface area contributed by atoms with Gasteiger partial charge in [0.15, 0.2) is 0 Å². The Morgan fingerprint density at radius 1 is 1.60 bits per heavy atom. The number of aliphatic hydroxyl groups excluding tert-OH is 1. The number of aldehydes is 1. The minimum atomic E-state index is -0.0193. The van der Waals surface area contributed by atoms with Crippen molar-refractivity contribution in [1.29, 1.82) is 0 Å². The van der Waals surface area contributed by atoms with Crippen LogP contribution in [-0.4, -0.2) is 22.1 Å². The van der Waals surface area contributed by atoms with Gasteiger partial charge in [-0.15, -0.1) is 11.8 Å². The smallest absolute Gasteiger partial charge is 0.120 e. The third kappa shape index (κ3) is 3.64. The van der Waals surface area contributed by atoms with Gasteiger partial charge in [-0.25, -0.2) is 0 Å². The van der Waals surface area contributed by atoms with Gasteiger partial charge in [0.05, 0.1) is 12.3 Å². The van der Waals surface area contributed by atoms with E-state index in [9.17, 15) is 4.79 Å². The van der Waals surface area contributed by atoms with E-state index in [0.717, 1.165) is 34.6 Å². The fraction of sp³-hybridized carbons (Fsp3) is 0.455. The van der Waals surface area contributed by atoms with Crippen LogP contribution in [0.5, 0.6) is 0 Å². The van der Waals surface area contributed by atoms with Crippen LogP contribution in [0, 0.1) is 6.92 Å². The normalized spacial score (nSPS) is 10.3. The van der Waals surface area contributed by atoms with Gasteiger partial charge in [-0.2, -0.15) is 0 Å². The monoisotopic (exact) mass is 225 g/mol. The van der Waals surface area contributed by atoms with Crippen LogP contribution in [0.1, 0.15) is 24.1 Å². The second kappa shape index (κ2) is 6.58. The summed E-state index contributed by atoms with van der Waals surface area (Å²) in [5, 5.41) is 9.03. The highest BCUT2D eigenvalue weighted by atomic mass is 32.2. The van der Waals surface area contributed by atoms with Crippen LogP contribution in [0.4, 0.5) is 0 Å². The summed E-state index contributed by atoms with van der Waals surface area (Å²) in [4.78, 5) is 15.4. The number of pyridine rings is 1. The average molecular weight is 225 g/mol. The molecule has 0 atom stereocenters. The van der Waals surface area contributed by atoms with Gasteiger partial charge in [0.2, 0.25) is 0 Å². The second-order valence-corrected chi connectivity index (χ2v) is 4.33. The number of rotatable bonds is 6. The van der Waals surface area contributed by atoms with Crippen LogP contribution >= 0.6 is 11.8 Å². The molecule has 0 aromatic carbocycles. The third-order valence-corrected chi connectivity index (χ3v) is 3.38. The highest BCUT2D eigenvalue weighted by Gasteiger charge is 2.04. The first-order valence-corrected chi connectivity index (χ1v) is 5.90. The van der Waals surface area contributed by atoms with Gasteiger partial charge in [-0.1, -0.05) is 0 Å². The molecule has 0 saturated heterocycles. The van der Waals surface area contributed by atoms with Crippen molar-refractivity contribution in [3.63, 3.8) is 0 Å².